The lowest BCUT2D eigenvalue weighted by molar-refractivity contribution is 0.225. The van der Waals surface area contributed by atoms with E-state index in [9.17, 15) is 4.39 Å². The number of rotatable bonds is 1. The summed E-state index contributed by atoms with van der Waals surface area (Å²) in [5.74, 6) is -0.117. The molecule has 3 heteroatoms. The minimum atomic E-state index is -0.117. The van der Waals surface area contributed by atoms with E-state index in [1.54, 1.807) is 0 Å². The average molecular weight is 180 g/mol. The van der Waals surface area contributed by atoms with E-state index in [1.165, 1.54) is 12.3 Å². The molecule has 0 atom stereocenters. The Morgan fingerprint density at radius 1 is 1.46 bits per heavy atom. The molecular weight excluding hydrogens is 167 g/mol. The Morgan fingerprint density at radius 2 is 2.23 bits per heavy atom. The zero-order chi connectivity index (χ0) is 9.42. The Hall–Kier alpha value is -0.960. The minimum absolute atomic E-state index is 0.117. The SMILES string of the molecule is CC(C)N1Cc2nccc(F)c2C1. The predicted octanol–water partition coefficient (Wildman–Crippen LogP) is 1.94. The first-order valence-corrected chi connectivity index (χ1v) is 4.55. The van der Waals surface area contributed by atoms with Crippen LogP contribution in [-0.2, 0) is 13.1 Å². The Bertz CT molecular complexity index is 323. The molecule has 0 bridgehead atoms. The molecule has 0 spiro atoms. The van der Waals surface area contributed by atoms with Gasteiger partial charge in [-0.2, -0.15) is 0 Å². The van der Waals surface area contributed by atoms with E-state index in [0.29, 0.717) is 12.6 Å². The number of nitrogens with zero attached hydrogens (tertiary/aromatic N) is 2. The van der Waals surface area contributed by atoms with Crippen molar-refractivity contribution in [1.29, 1.82) is 0 Å². The van der Waals surface area contributed by atoms with Crippen LogP contribution in [0.2, 0.25) is 0 Å². The van der Waals surface area contributed by atoms with Gasteiger partial charge in [0.1, 0.15) is 5.82 Å². The molecule has 1 aliphatic heterocycles. The van der Waals surface area contributed by atoms with Crippen molar-refractivity contribution in [3.05, 3.63) is 29.3 Å². The van der Waals surface area contributed by atoms with E-state index in [4.69, 9.17) is 0 Å². The zero-order valence-corrected chi connectivity index (χ0v) is 7.92. The fourth-order valence-corrected chi connectivity index (χ4v) is 1.63. The lowest BCUT2D eigenvalue weighted by Gasteiger charge is -2.18. The fourth-order valence-electron chi connectivity index (χ4n) is 1.63. The molecular formula is C10H13FN2. The number of hydrogen-bond donors (Lipinski definition) is 0. The number of fused-ring (bicyclic) bond motifs is 1. The molecule has 2 rings (SSSR count). The van der Waals surface area contributed by atoms with Crippen molar-refractivity contribution in [3.63, 3.8) is 0 Å². The standard InChI is InChI=1S/C10H13FN2/c1-7(2)13-5-8-9(11)3-4-12-10(8)6-13/h3-4,7H,5-6H2,1-2H3. The van der Waals surface area contributed by atoms with Crippen molar-refractivity contribution in [1.82, 2.24) is 9.88 Å². The van der Waals surface area contributed by atoms with Crippen LogP contribution >= 0.6 is 0 Å². The third-order valence-corrected chi connectivity index (χ3v) is 2.53. The summed E-state index contributed by atoms with van der Waals surface area (Å²) in [6.45, 7) is 5.71. The van der Waals surface area contributed by atoms with Gasteiger partial charge in [0.05, 0.1) is 5.69 Å². The van der Waals surface area contributed by atoms with Crippen LogP contribution in [0.1, 0.15) is 25.1 Å². The minimum Gasteiger partial charge on any atom is -0.291 e. The van der Waals surface area contributed by atoms with Crippen LogP contribution in [0.3, 0.4) is 0 Å². The van der Waals surface area contributed by atoms with E-state index in [1.807, 2.05) is 0 Å². The van der Waals surface area contributed by atoms with Crippen molar-refractivity contribution in [3.8, 4) is 0 Å². The van der Waals surface area contributed by atoms with Crippen molar-refractivity contribution < 1.29 is 4.39 Å². The van der Waals surface area contributed by atoms with Crippen LogP contribution in [0.25, 0.3) is 0 Å². The highest BCUT2D eigenvalue weighted by Crippen LogP contribution is 2.24. The summed E-state index contributed by atoms with van der Waals surface area (Å²) in [6, 6.07) is 1.89. The van der Waals surface area contributed by atoms with Gasteiger partial charge in [-0.1, -0.05) is 0 Å². The summed E-state index contributed by atoms with van der Waals surface area (Å²) in [6.07, 6.45) is 1.54. The molecule has 2 heterocycles. The first kappa shape index (κ1) is 8.63. The van der Waals surface area contributed by atoms with Crippen LogP contribution < -0.4 is 0 Å². The van der Waals surface area contributed by atoms with Crippen molar-refractivity contribution in [2.24, 2.45) is 0 Å². The van der Waals surface area contributed by atoms with Gasteiger partial charge in [-0.05, 0) is 19.9 Å². The highest BCUT2D eigenvalue weighted by Gasteiger charge is 2.24. The first-order chi connectivity index (χ1) is 6.18. The molecule has 70 valence electrons. The Morgan fingerprint density at radius 3 is 2.85 bits per heavy atom. The maximum atomic E-state index is 13.3. The highest BCUT2D eigenvalue weighted by atomic mass is 19.1. The normalized spacial score (nSPS) is 16.6. The summed E-state index contributed by atoms with van der Waals surface area (Å²) >= 11 is 0. The molecule has 0 aromatic carbocycles. The third-order valence-electron chi connectivity index (χ3n) is 2.53. The lowest BCUT2D eigenvalue weighted by atomic mass is 10.2. The Labute approximate surface area is 77.4 Å². The summed E-state index contributed by atoms with van der Waals surface area (Å²) in [5, 5.41) is 0. The van der Waals surface area contributed by atoms with E-state index in [-0.39, 0.29) is 5.82 Å². The third kappa shape index (κ3) is 1.44. The van der Waals surface area contributed by atoms with Gasteiger partial charge in [0.15, 0.2) is 0 Å². The molecule has 0 radical (unpaired) electrons. The lowest BCUT2D eigenvalue weighted by Crippen LogP contribution is -2.24. The highest BCUT2D eigenvalue weighted by molar-refractivity contribution is 5.25. The molecule has 1 aromatic rings. The molecule has 2 nitrogen and oxygen atoms in total. The van der Waals surface area contributed by atoms with Crippen LogP contribution in [0.5, 0.6) is 0 Å². The zero-order valence-electron chi connectivity index (χ0n) is 7.92. The van der Waals surface area contributed by atoms with E-state index in [0.717, 1.165) is 17.8 Å². The van der Waals surface area contributed by atoms with Gasteiger partial charge in [0.25, 0.3) is 0 Å². The monoisotopic (exact) mass is 180 g/mol. The fraction of sp³-hybridized carbons (Fsp3) is 0.500. The maximum Gasteiger partial charge on any atom is 0.131 e. The second-order valence-corrected chi connectivity index (χ2v) is 3.72. The maximum absolute atomic E-state index is 13.3. The quantitative estimate of drug-likeness (QED) is 0.656. The van der Waals surface area contributed by atoms with Crippen LogP contribution in [-0.4, -0.2) is 15.9 Å². The smallest absolute Gasteiger partial charge is 0.131 e. The van der Waals surface area contributed by atoms with Crippen molar-refractivity contribution >= 4 is 0 Å². The van der Waals surface area contributed by atoms with Crippen LogP contribution in [0, 0.1) is 5.82 Å². The van der Waals surface area contributed by atoms with Gasteiger partial charge in [-0.3, -0.25) is 9.88 Å². The summed E-state index contributed by atoms with van der Waals surface area (Å²) in [7, 11) is 0. The molecule has 1 aromatic heterocycles. The second kappa shape index (κ2) is 3.07. The van der Waals surface area contributed by atoms with Crippen molar-refractivity contribution in [2.75, 3.05) is 0 Å². The van der Waals surface area contributed by atoms with Crippen LogP contribution in [0.15, 0.2) is 12.3 Å². The summed E-state index contributed by atoms with van der Waals surface area (Å²) in [4.78, 5) is 6.38. The topological polar surface area (TPSA) is 16.1 Å². The predicted molar refractivity (Wildman–Crippen MR) is 48.6 cm³/mol. The largest absolute Gasteiger partial charge is 0.291 e. The molecule has 13 heavy (non-hydrogen) atoms. The summed E-state index contributed by atoms with van der Waals surface area (Å²) < 4.78 is 13.3. The Kier molecular flexibility index (Phi) is 2.04. The molecule has 0 aliphatic carbocycles. The first-order valence-electron chi connectivity index (χ1n) is 4.55. The Balaban J connectivity index is 2.30. The molecule has 0 N–H and O–H groups in total. The second-order valence-electron chi connectivity index (χ2n) is 3.72. The number of pyridine rings is 1. The number of halogens is 1. The van der Waals surface area contributed by atoms with E-state index < -0.39 is 0 Å². The average Bonchev–Trinajstić information content (AvgIpc) is 2.49. The molecule has 0 saturated carbocycles. The van der Waals surface area contributed by atoms with Gasteiger partial charge in [0, 0.05) is 30.9 Å². The van der Waals surface area contributed by atoms with Gasteiger partial charge >= 0.3 is 0 Å². The van der Waals surface area contributed by atoms with Gasteiger partial charge in [-0.15, -0.1) is 0 Å². The van der Waals surface area contributed by atoms with Gasteiger partial charge in [-0.25, -0.2) is 4.39 Å². The van der Waals surface area contributed by atoms with Crippen molar-refractivity contribution in [2.45, 2.75) is 33.0 Å². The van der Waals surface area contributed by atoms with Gasteiger partial charge < -0.3 is 0 Å². The van der Waals surface area contributed by atoms with Crippen LogP contribution in [0.4, 0.5) is 4.39 Å². The number of hydrogen-bond acceptors (Lipinski definition) is 2. The summed E-state index contributed by atoms with van der Waals surface area (Å²) in [5.41, 5.74) is 1.67. The molecule has 1 aliphatic rings. The molecule has 0 fully saturated rings. The van der Waals surface area contributed by atoms with Gasteiger partial charge in [0.2, 0.25) is 0 Å². The van der Waals surface area contributed by atoms with E-state index >= 15 is 0 Å². The molecule has 0 amide bonds. The van der Waals surface area contributed by atoms with E-state index in [2.05, 4.69) is 23.7 Å². The molecule has 0 saturated heterocycles. The molecule has 0 unspecified atom stereocenters. The number of aromatic nitrogens is 1.